The van der Waals surface area contributed by atoms with Gasteiger partial charge in [-0.2, -0.15) is 4.31 Å². The summed E-state index contributed by atoms with van der Waals surface area (Å²) in [6.45, 7) is 3.88. The summed E-state index contributed by atoms with van der Waals surface area (Å²) < 4.78 is 121. The van der Waals surface area contributed by atoms with Crippen LogP contribution in [-0.2, 0) is 39.9 Å². The Morgan fingerprint density at radius 1 is 0.843 bits per heavy atom. The predicted octanol–water partition coefficient (Wildman–Crippen LogP) is 7.59. The number of halogens is 6. The van der Waals surface area contributed by atoms with Crippen LogP contribution in [0, 0.1) is 34.9 Å². The van der Waals surface area contributed by atoms with Gasteiger partial charge in [0.15, 0.2) is 28.2 Å². The molecule has 4 aromatic carbocycles. The van der Waals surface area contributed by atoms with E-state index in [9.17, 15) is 30.8 Å². The molecule has 2 N–H and O–H groups in total. The van der Waals surface area contributed by atoms with Crippen molar-refractivity contribution in [1.82, 2.24) is 4.31 Å². The third-order valence-corrected chi connectivity index (χ3v) is 10.5. The Kier molecular flexibility index (Phi) is 10.9. The average molecular weight is 734 g/mol. The Morgan fingerprint density at radius 3 is 2.04 bits per heavy atom. The standard InChI is InChI=1S/C37H37F6N3O4S/c1-37(2,3)26-14-22(13-25(16-26)23-10-11-23)18-46(28-12-9-21(17-44)15-29(28)50-4)30(47)20-45(19-24-7-5-6-8-27(24)38)51(48,49)36-34(42)32(40)31(39)33(41)35(36)43/h5-9,12-16,23H,10-11,17-20,44H2,1-4H3. The number of sulfonamides is 1. The van der Waals surface area contributed by atoms with Crippen LogP contribution in [0.1, 0.15) is 67.3 Å². The number of nitrogens with two attached hydrogens (primary N) is 1. The highest BCUT2D eigenvalue weighted by Gasteiger charge is 2.39. The van der Waals surface area contributed by atoms with Crippen LogP contribution in [0.5, 0.6) is 5.75 Å². The minimum Gasteiger partial charge on any atom is -0.495 e. The van der Waals surface area contributed by atoms with Crippen molar-refractivity contribution in [3.63, 3.8) is 0 Å². The molecule has 7 nitrogen and oxygen atoms in total. The van der Waals surface area contributed by atoms with Crippen molar-refractivity contribution in [3.05, 3.63) is 123 Å². The first-order valence-corrected chi connectivity index (χ1v) is 17.5. The van der Waals surface area contributed by atoms with Gasteiger partial charge in [0.25, 0.3) is 0 Å². The van der Waals surface area contributed by atoms with E-state index in [0.717, 1.165) is 36.1 Å². The third-order valence-electron chi connectivity index (χ3n) is 8.73. The molecule has 5 rings (SSSR count). The quantitative estimate of drug-likeness (QED) is 0.0921. The number of rotatable bonds is 12. The van der Waals surface area contributed by atoms with Gasteiger partial charge in [0.2, 0.25) is 21.7 Å². The molecule has 0 bridgehead atoms. The monoisotopic (exact) mass is 733 g/mol. The molecule has 1 aliphatic carbocycles. The minimum absolute atomic E-state index is 0.125. The number of nitrogens with zero attached hydrogens (tertiary/aromatic N) is 2. The molecule has 1 saturated carbocycles. The molecule has 1 amide bonds. The van der Waals surface area contributed by atoms with E-state index in [1.807, 2.05) is 32.9 Å². The first-order valence-electron chi connectivity index (χ1n) is 16.0. The van der Waals surface area contributed by atoms with Crippen molar-refractivity contribution in [2.75, 3.05) is 18.6 Å². The maximum Gasteiger partial charge on any atom is 0.249 e. The van der Waals surface area contributed by atoms with Crippen LogP contribution in [0.4, 0.5) is 32.0 Å². The molecule has 0 unspecified atom stereocenters. The molecular formula is C37H37F6N3O4S. The summed E-state index contributed by atoms with van der Waals surface area (Å²) in [5, 5.41) is 0. The van der Waals surface area contributed by atoms with E-state index in [2.05, 4.69) is 6.07 Å². The Balaban J connectivity index is 1.66. The molecule has 0 radical (unpaired) electrons. The Bertz CT molecular complexity index is 2050. The van der Waals surface area contributed by atoms with Crippen LogP contribution in [0.15, 0.2) is 65.6 Å². The normalized spacial score (nSPS) is 13.5. The van der Waals surface area contributed by atoms with Gasteiger partial charge in [0.1, 0.15) is 11.6 Å². The smallest absolute Gasteiger partial charge is 0.249 e. The zero-order valence-corrected chi connectivity index (χ0v) is 29.2. The van der Waals surface area contributed by atoms with Gasteiger partial charge in [-0.15, -0.1) is 0 Å². The molecular weight excluding hydrogens is 696 g/mol. The first-order chi connectivity index (χ1) is 24.0. The summed E-state index contributed by atoms with van der Waals surface area (Å²) in [6, 6.07) is 15.5. The number of methoxy groups -OCH3 is 1. The number of carbonyl (C=O) groups excluding carboxylic acids is 1. The fourth-order valence-corrected chi connectivity index (χ4v) is 7.16. The Labute approximate surface area is 292 Å². The molecule has 1 aliphatic rings. The van der Waals surface area contributed by atoms with Crippen LogP contribution in [0.3, 0.4) is 0 Å². The van der Waals surface area contributed by atoms with Crippen LogP contribution >= 0.6 is 0 Å². The van der Waals surface area contributed by atoms with Crippen molar-refractivity contribution in [3.8, 4) is 5.75 Å². The molecule has 0 aromatic heterocycles. The number of benzene rings is 4. The fraction of sp³-hybridized carbons (Fsp3) is 0.324. The lowest BCUT2D eigenvalue weighted by atomic mass is 9.84. The Hall–Kier alpha value is -4.40. The summed E-state index contributed by atoms with van der Waals surface area (Å²) in [5.74, 6) is -14.2. The number of anilines is 1. The van der Waals surface area contributed by atoms with Crippen molar-refractivity contribution >= 4 is 21.6 Å². The SMILES string of the molecule is COc1cc(CN)ccc1N(Cc1cc(C2CC2)cc(C(C)(C)C)c1)C(=O)CN(Cc1ccccc1F)S(=O)(=O)c1c(F)c(F)c(F)c(F)c1F. The van der Waals surface area contributed by atoms with Gasteiger partial charge < -0.3 is 15.4 Å². The van der Waals surface area contributed by atoms with E-state index in [1.165, 1.54) is 30.2 Å². The molecule has 14 heteroatoms. The van der Waals surface area contributed by atoms with Gasteiger partial charge in [-0.25, -0.2) is 34.8 Å². The molecule has 272 valence electrons. The van der Waals surface area contributed by atoms with Crippen LogP contribution in [0.2, 0.25) is 0 Å². The molecule has 51 heavy (non-hydrogen) atoms. The number of carbonyl (C=O) groups is 1. The maximum atomic E-state index is 15.0. The van der Waals surface area contributed by atoms with Gasteiger partial charge in [0, 0.05) is 18.7 Å². The molecule has 4 aromatic rings. The van der Waals surface area contributed by atoms with Gasteiger partial charge in [0.05, 0.1) is 25.9 Å². The third kappa shape index (κ3) is 7.92. The number of amides is 1. The number of ether oxygens (including phenoxy) is 1. The van der Waals surface area contributed by atoms with E-state index < -0.39 is 68.8 Å². The second kappa shape index (κ2) is 14.7. The highest BCUT2D eigenvalue weighted by Crippen LogP contribution is 2.42. The van der Waals surface area contributed by atoms with Crippen molar-refractivity contribution < 1.29 is 44.3 Å². The lowest BCUT2D eigenvalue weighted by Gasteiger charge is -2.30. The van der Waals surface area contributed by atoms with Crippen LogP contribution in [-0.4, -0.2) is 32.3 Å². The highest BCUT2D eigenvalue weighted by atomic mass is 32.2. The maximum absolute atomic E-state index is 15.0. The summed E-state index contributed by atoms with van der Waals surface area (Å²) in [4.78, 5) is 13.5. The van der Waals surface area contributed by atoms with Crippen molar-refractivity contribution in [1.29, 1.82) is 0 Å². The predicted molar refractivity (Wildman–Crippen MR) is 179 cm³/mol. The summed E-state index contributed by atoms with van der Waals surface area (Å²) in [6.07, 6.45) is 1.98. The van der Waals surface area contributed by atoms with Crippen LogP contribution < -0.4 is 15.4 Å². The molecule has 0 heterocycles. The van der Waals surface area contributed by atoms with E-state index in [4.69, 9.17) is 10.5 Å². The van der Waals surface area contributed by atoms with E-state index in [1.54, 1.807) is 12.1 Å². The zero-order valence-electron chi connectivity index (χ0n) is 28.4. The van der Waals surface area contributed by atoms with E-state index >= 15 is 8.78 Å². The average Bonchev–Trinajstić information content (AvgIpc) is 3.94. The van der Waals surface area contributed by atoms with Gasteiger partial charge in [-0.05, 0) is 64.6 Å². The first kappa shape index (κ1) is 37.8. The minimum atomic E-state index is -5.71. The second-order valence-corrected chi connectivity index (χ2v) is 15.3. The zero-order chi connectivity index (χ0) is 37.4. The summed E-state index contributed by atoms with van der Waals surface area (Å²) in [5.41, 5.74) is 8.74. The fourth-order valence-electron chi connectivity index (χ4n) is 5.68. The molecule has 0 aliphatic heterocycles. The van der Waals surface area contributed by atoms with Crippen molar-refractivity contribution in [2.24, 2.45) is 5.73 Å². The van der Waals surface area contributed by atoms with Crippen LogP contribution in [0.25, 0.3) is 0 Å². The highest BCUT2D eigenvalue weighted by molar-refractivity contribution is 7.89. The van der Waals surface area contributed by atoms with Gasteiger partial charge in [-0.1, -0.05) is 63.2 Å². The lowest BCUT2D eigenvalue weighted by molar-refractivity contribution is -0.119. The van der Waals surface area contributed by atoms with Gasteiger partial charge in [-0.3, -0.25) is 4.79 Å². The van der Waals surface area contributed by atoms with Gasteiger partial charge >= 0.3 is 0 Å². The second-order valence-electron chi connectivity index (χ2n) is 13.4. The Morgan fingerprint density at radius 2 is 1.47 bits per heavy atom. The number of hydrogen-bond acceptors (Lipinski definition) is 5. The van der Waals surface area contributed by atoms with Crippen molar-refractivity contribution in [2.45, 2.75) is 69.5 Å². The van der Waals surface area contributed by atoms with E-state index in [-0.39, 0.29) is 39.8 Å². The largest absolute Gasteiger partial charge is 0.495 e. The number of hydrogen-bond donors (Lipinski definition) is 1. The molecule has 0 atom stereocenters. The lowest BCUT2D eigenvalue weighted by Crippen LogP contribution is -2.43. The molecule has 0 spiro atoms. The topological polar surface area (TPSA) is 92.9 Å². The summed E-state index contributed by atoms with van der Waals surface area (Å²) in [7, 11) is -4.36. The molecule has 0 saturated heterocycles. The van der Waals surface area contributed by atoms with E-state index in [0.29, 0.717) is 17.0 Å². The molecule has 1 fully saturated rings. The summed E-state index contributed by atoms with van der Waals surface area (Å²) >= 11 is 0.